The van der Waals surface area contributed by atoms with Crippen molar-refractivity contribution in [1.29, 1.82) is 0 Å². The molecule has 3 rings (SSSR count). The van der Waals surface area contributed by atoms with Crippen molar-refractivity contribution in [2.75, 3.05) is 33.4 Å². The third kappa shape index (κ3) is 5.57. The summed E-state index contributed by atoms with van der Waals surface area (Å²) in [5.41, 5.74) is 2.94. The van der Waals surface area contributed by atoms with E-state index in [2.05, 4.69) is 29.7 Å². The van der Waals surface area contributed by atoms with Crippen LogP contribution in [0.2, 0.25) is 0 Å². The standard InChI is InChI=1S/C23H30N2O3/c1-18-5-3-6-19(13-18)15-28-21-8-4-7-20(14-21)22(26)25-16-23(17-27-2)9-11-24-12-10-23/h3-8,13-14,24H,9-12,15-17H2,1-2H3,(H,25,26). The molecular formula is C23H30N2O3. The van der Waals surface area contributed by atoms with E-state index in [1.807, 2.05) is 30.3 Å². The molecule has 0 unspecified atom stereocenters. The molecule has 28 heavy (non-hydrogen) atoms. The van der Waals surface area contributed by atoms with Gasteiger partial charge < -0.3 is 20.1 Å². The van der Waals surface area contributed by atoms with E-state index in [-0.39, 0.29) is 11.3 Å². The minimum absolute atomic E-state index is 0.00887. The maximum absolute atomic E-state index is 12.7. The van der Waals surface area contributed by atoms with Gasteiger partial charge in [-0.05, 0) is 56.6 Å². The predicted octanol–water partition coefficient (Wildman–Crippen LogP) is 3.32. The van der Waals surface area contributed by atoms with Crippen LogP contribution < -0.4 is 15.4 Å². The molecule has 1 saturated heterocycles. The number of ether oxygens (including phenoxy) is 2. The van der Waals surface area contributed by atoms with Gasteiger partial charge in [0.1, 0.15) is 12.4 Å². The molecule has 1 aliphatic rings. The second-order valence-corrected chi connectivity index (χ2v) is 7.67. The lowest BCUT2D eigenvalue weighted by Gasteiger charge is -2.37. The molecule has 2 aromatic rings. The van der Waals surface area contributed by atoms with Crippen LogP contribution in [0.3, 0.4) is 0 Å². The minimum atomic E-state index is -0.0741. The number of piperidine rings is 1. The molecule has 150 valence electrons. The van der Waals surface area contributed by atoms with Crippen LogP contribution in [0.4, 0.5) is 0 Å². The van der Waals surface area contributed by atoms with Gasteiger partial charge in [-0.3, -0.25) is 4.79 Å². The highest BCUT2D eigenvalue weighted by atomic mass is 16.5. The van der Waals surface area contributed by atoms with Crippen molar-refractivity contribution < 1.29 is 14.3 Å². The Morgan fingerprint density at radius 3 is 2.68 bits per heavy atom. The SMILES string of the molecule is COCC1(CNC(=O)c2cccc(OCc3cccc(C)c3)c2)CCNCC1. The molecule has 0 radical (unpaired) electrons. The second-order valence-electron chi connectivity index (χ2n) is 7.67. The number of amides is 1. The summed E-state index contributed by atoms with van der Waals surface area (Å²) in [4.78, 5) is 12.7. The van der Waals surface area contributed by atoms with Gasteiger partial charge >= 0.3 is 0 Å². The van der Waals surface area contributed by atoms with Crippen LogP contribution in [0, 0.1) is 12.3 Å². The molecule has 0 saturated carbocycles. The fourth-order valence-electron chi connectivity index (χ4n) is 3.70. The molecule has 0 aromatic heterocycles. The minimum Gasteiger partial charge on any atom is -0.489 e. The fourth-order valence-corrected chi connectivity index (χ4v) is 3.70. The molecule has 0 spiro atoms. The first-order valence-corrected chi connectivity index (χ1v) is 9.87. The highest BCUT2D eigenvalue weighted by molar-refractivity contribution is 5.94. The summed E-state index contributed by atoms with van der Waals surface area (Å²) in [6, 6.07) is 15.6. The van der Waals surface area contributed by atoms with E-state index in [0.29, 0.717) is 31.1 Å². The Bertz CT molecular complexity index is 779. The average molecular weight is 383 g/mol. The summed E-state index contributed by atoms with van der Waals surface area (Å²) in [6.07, 6.45) is 2.00. The third-order valence-electron chi connectivity index (χ3n) is 5.32. The zero-order valence-electron chi connectivity index (χ0n) is 16.8. The topological polar surface area (TPSA) is 59.6 Å². The Hall–Kier alpha value is -2.37. The number of carbonyl (C=O) groups is 1. The van der Waals surface area contributed by atoms with E-state index in [0.717, 1.165) is 31.5 Å². The maximum Gasteiger partial charge on any atom is 0.251 e. The van der Waals surface area contributed by atoms with Crippen molar-refractivity contribution in [3.05, 3.63) is 65.2 Å². The van der Waals surface area contributed by atoms with Gasteiger partial charge in [-0.2, -0.15) is 0 Å². The highest BCUT2D eigenvalue weighted by Gasteiger charge is 2.32. The number of hydrogen-bond acceptors (Lipinski definition) is 4. The van der Waals surface area contributed by atoms with E-state index in [1.165, 1.54) is 5.56 Å². The molecule has 5 nitrogen and oxygen atoms in total. The zero-order chi connectivity index (χ0) is 19.8. The Morgan fingerprint density at radius 2 is 1.93 bits per heavy atom. The first kappa shape index (κ1) is 20.4. The monoisotopic (exact) mass is 382 g/mol. The molecule has 1 heterocycles. The van der Waals surface area contributed by atoms with Gasteiger partial charge in [0, 0.05) is 24.6 Å². The van der Waals surface area contributed by atoms with Crippen LogP contribution in [0.1, 0.15) is 34.3 Å². The van der Waals surface area contributed by atoms with Crippen molar-refractivity contribution in [2.45, 2.75) is 26.4 Å². The summed E-state index contributed by atoms with van der Waals surface area (Å²) < 4.78 is 11.3. The Kier molecular flexibility index (Phi) is 7.06. The van der Waals surface area contributed by atoms with E-state index in [1.54, 1.807) is 13.2 Å². The van der Waals surface area contributed by atoms with Crippen LogP contribution in [0.5, 0.6) is 5.75 Å². The highest BCUT2D eigenvalue weighted by Crippen LogP contribution is 2.28. The number of methoxy groups -OCH3 is 1. The van der Waals surface area contributed by atoms with Crippen LogP contribution in [0.15, 0.2) is 48.5 Å². The average Bonchev–Trinajstić information content (AvgIpc) is 2.72. The van der Waals surface area contributed by atoms with Crippen molar-refractivity contribution in [1.82, 2.24) is 10.6 Å². The summed E-state index contributed by atoms with van der Waals surface area (Å²) in [5, 5.41) is 6.47. The lowest BCUT2D eigenvalue weighted by atomic mass is 9.79. The van der Waals surface area contributed by atoms with Gasteiger partial charge in [-0.15, -0.1) is 0 Å². The first-order chi connectivity index (χ1) is 13.6. The van der Waals surface area contributed by atoms with Crippen molar-refractivity contribution in [3.63, 3.8) is 0 Å². The lowest BCUT2D eigenvalue weighted by Crippen LogP contribution is -2.47. The quantitative estimate of drug-likeness (QED) is 0.735. The molecule has 2 N–H and O–H groups in total. The molecule has 1 amide bonds. The first-order valence-electron chi connectivity index (χ1n) is 9.87. The van der Waals surface area contributed by atoms with Crippen LogP contribution >= 0.6 is 0 Å². The number of benzene rings is 2. The number of rotatable bonds is 8. The number of hydrogen-bond donors (Lipinski definition) is 2. The van der Waals surface area contributed by atoms with Crippen LogP contribution in [0.25, 0.3) is 0 Å². The number of aryl methyl sites for hydroxylation is 1. The Labute approximate surface area is 167 Å². The molecule has 1 aliphatic heterocycles. The molecule has 2 aromatic carbocycles. The van der Waals surface area contributed by atoms with Crippen LogP contribution in [-0.2, 0) is 11.3 Å². The summed E-state index contributed by atoms with van der Waals surface area (Å²) >= 11 is 0. The number of carbonyl (C=O) groups excluding carboxylic acids is 1. The zero-order valence-corrected chi connectivity index (χ0v) is 16.8. The van der Waals surface area contributed by atoms with Gasteiger partial charge in [0.05, 0.1) is 6.61 Å². The van der Waals surface area contributed by atoms with E-state index in [4.69, 9.17) is 9.47 Å². The Morgan fingerprint density at radius 1 is 1.14 bits per heavy atom. The molecule has 0 bridgehead atoms. The molecule has 5 heteroatoms. The largest absolute Gasteiger partial charge is 0.489 e. The lowest BCUT2D eigenvalue weighted by molar-refractivity contribution is 0.0511. The van der Waals surface area contributed by atoms with E-state index in [9.17, 15) is 4.79 Å². The van der Waals surface area contributed by atoms with Gasteiger partial charge in [0.2, 0.25) is 0 Å². The van der Waals surface area contributed by atoms with Crippen molar-refractivity contribution in [2.24, 2.45) is 5.41 Å². The van der Waals surface area contributed by atoms with Crippen molar-refractivity contribution in [3.8, 4) is 5.75 Å². The Balaban J connectivity index is 1.58. The second kappa shape index (κ2) is 9.71. The maximum atomic E-state index is 12.7. The third-order valence-corrected chi connectivity index (χ3v) is 5.32. The molecule has 0 atom stereocenters. The molecule has 0 aliphatic carbocycles. The predicted molar refractivity (Wildman–Crippen MR) is 111 cm³/mol. The fraction of sp³-hybridized carbons (Fsp3) is 0.435. The smallest absolute Gasteiger partial charge is 0.251 e. The summed E-state index contributed by atoms with van der Waals surface area (Å²) in [6.45, 7) is 5.75. The van der Waals surface area contributed by atoms with Crippen molar-refractivity contribution >= 4 is 5.91 Å². The van der Waals surface area contributed by atoms with E-state index < -0.39 is 0 Å². The van der Waals surface area contributed by atoms with Gasteiger partial charge in [0.25, 0.3) is 5.91 Å². The van der Waals surface area contributed by atoms with Gasteiger partial charge in [0.15, 0.2) is 0 Å². The van der Waals surface area contributed by atoms with Crippen LogP contribution in [-0.4, -0.2) is 39.3 Å². The molecular weight excluding hydrogens is 352 g/mol. The van der Waals surface area contributed by atoms with E-state index >= 15 is 0 Å². The normalized spacial score (nSPS) is 15.8. The molecule has 1 fully saturated rings. The van der Waals surface area contributed by atoms with Gasteiger partial charge in [-0.1, -0.05) is 35.9 Å². The number of nitrogens with one attached hydrogen (secondary N) is 2. The van der Waals surface area contributed by atoms with Gasteiger partial charge in [-0.25, -0.2) is 0 Å². The summed E-state index contributed by atoms with van der Waals surface area (Å²) in [7, 11) is 1.72. The summed E-state index contributed by atoms with van der Waals surface area (Å²) in [5.74, 6) is 0.623.